The van der Waals surface area contributed by atoms with Gasteiger partial charge in [0.05, 0.1) is 5.69 Å². The van der Waals surface area contributed by atoms with Crippen molar-refractivity contribution >= 4 is 28.5 Å². The zero-order valence-corrected chi connectivity index (χ0v) is 15.6. The minimum absolute atomic E-state index is 0.643. The molecule has 0 unspecified atom stereocenters. The van der Waals surface area contributed by atoms with Crippen LogP contribution in [-0.4, -0.2) is 27.0 Å². The summed E-state index contributed by atoms with van der Waals surface area (Å²) in [7, 11) is 0. The third-order valence-corrected chi connectivity index (χ3v) is 6.81. The Balaban J connectivity index is 1.59. The Morgan fingerprint density at radius 1 is 0.958 bits per heavy atom. The minimum atomic E-state index is 0.643. The zero-order chi connectivity index (χ0) is 16.4. The van der Waals surface area contributed by atoms with Crippen molar-refractivity contribution in [3.63, 3.8) is 0 Å². The van der Waals surface area contributed by atoms with Crippen LogP contribution in [-0.2, 0) is 0 Å². The maximum Gasteiger partial charge on any atom is 0.151 e. The van der Waals surface area contributed by atoms with E-state index >= 15 is 0 Å². The van der Waals surface area contributed by atoms with E-state index in [9.17, 15) is 0 Å². The molecular weight excluding hydrogens is 332 g/mol. The number of hydrogen-bond acceptors (Lipinski definition) is 3. The molecule has 0 radical (unpaired) electrons. The van der Waals surface area contributed by atoms with Crippen LogP contribution >= 0.6 is 23.6 Å². The van der Waals surface area contributed by atoms with Crippen molar-refractivity contribution in [3.8, 4) is 11.3 Å². The van der Waals surface area contributed by atoms with Gasteiger partial charge in [-0.25, -0.2) is 4.98 Å². The summed E-state index contributed by atoms with van der Waals surface area (Å²) in [6.45, 7) is 0. The monoisotopic (exact) mass is 356 g/mol. The lowest BCUT2D eigenvalue weighted by Gasteiger charge is -2.36. The van der Waals surface area contributed by atoms with Gasteiger partial charge in [0.2, 0.25) is 0 Å². The molecule has 0 spiro atoms. The zero-order valence-electron chi connectivity index (χ0n) is 14.0. The lowest BCUT2D eigenvalue weighted by Crippen LogP contribution is -2.44. The van der Waals surface area contributed by atoms with Crippen molar-refractivity contribution in [1.29, 1.82) is 0 Å². The predicted molar refractivity (Wildman–Crippen MR) is 106 cm³/mol. The first-order valence-corrected chi connectivity index (χ1v) is 10.5. The highest BCUT2D eigenvalue weighted by atomic mass is 32.1. The van der Waals surface area contributed by atoms with E-state index in [2.05, 4.69) is 34.5 Å². The Labute approximate surface area is 153 Å². The van der Waals surface area contributed by atoms with Crippen LogP contribution in [0.25, 0.3) is 11.3 Å². The first-order chi connectivity index (χ1) is 11.8. The predicted octanol–water partition coefficient (Wildman–Crippen LogP) is 5.67. The molecule has 2 nitrogen and oxygen atoms in total. The molecule has 4 heteroatoms. The molecule has 2 saturated carbocycles. The van der Waals surface area contributed by atoms with Crippen LogP contribution in [0.4, 0.5) is 0 Å². The Kier molecular flexibility index (Phi) is 4.95. The fourth-order valence-electron chi connectivity index (χ4n) is 4.22. The van der Waals surface area contributed by atoms with Gasteiger partial charge in [-0.2, -0.15) is 0 Å². The molecule has 2 aromatic rings. The number of aromatic nitrogens is 1. The quantitative estimate of drug-likeness (QED) is 0.656. The fraction of sp³-hybridized carbons (Fsp3) is 0.500. The lowest BCUT2D eigenvalue weighted by molar-refractivity contribution is 0.244. The van der Waals surface area contributed by atoms with Crippen LogP contribution < -0.4 is 0 Å². The molecule has 1 aromatic heterocycles. The van der Waals surface area contributed by atoms with Gasteiger partial charge in [-0.1, -0.05) is 68.2 Å². The standard InChI is InChI=1S/C20H24N2S2/c23-20(19-21-18(14-24-19)15-8-2-1-3-9-15)22(16-10-4-5-11-16)17-12-6-7-13-17/h1-3,8-9,14,16-17H,4-7,10-13H2. The fourth-order valence-corrected chi connectivity index (χ4v) is 5.48. The SMILES string of the molecule is S=C(c1nc(-c2ccccc2)cs1)N(C1CCCC1)C1CCCC1. The average Bonchev–Trinajstić information content (AvgIpc) is 3.38. The maximum atomic E-state index is 5.95. The van der Waals surface area contributed by atoms with E-state index in [1.54, 1.807) is 11.3 Å². The summed E-state index contributed by atoms with van der Waals surface area (Å²) in [6.07, 6.45) is 10.6. The Hall–Kier alpha value is -1.26. The summed E-state index contributed by atoms with van der Waals surface area (Å²) >= 11 is 7.66. The van der Waals surface area contributed by atoms with E-state index in [1.165, 1.54) is 56.9 Å². The number of hydrogen-bond donors (Lipinski definition) is 0. The van der Waals surface area contributed by atoms with Gasteiger partial charge in [-0.3, -0.25) is 0 Å². The van der Waals surface area contributed by atoms with E-state index in [0.29, 0.717) is 12.1 Å². The van der Waals surface area contributed by atoms with Crippen LogP contribution in [0.2, 0.25) is 0 Å². The largest absolute Gasteiger partial charge is 0.354 e. The molecule has 0 bridgehead atoms. The van der Waals surface area contributed by atoms with Gasteiger partial charge in [0, 0.05) is 23.0 Å². The molecule has 2 aliphatic carbocycles. The van der Waals surface area contributed by atoms with Gasteiger partial charge >= 0.3 is 0 Å². The third kappa shape index (κ3) is 3.27. The van der Waals surface area contributed by atoms with Crippen molar-refractivity contribution < 1.29 is 0 Å². The summed E-state index contributed by atoms with van der Waals surface area (Å²) in [4.78, 5) is 8.47. The number of rotatable bonds is 4. The van der Waals surface area contributed by atoms with E-state index in [-0.39, 0.29) is 0 Å². The van der Waals surface area contributed by atoms with Crippen molar-refractivity contribution in [1.82, 2.24) is 9.88 Å². The molecule has 4 rings (SSSR count). The number of nitrogens with zero attached hydrogens (tertiary/aromatic N) is 2. The molecule has 0 amide bonds. The molecule has 0 N–H and O–H groups in total. The second-order valence-electron chi connectivity index (χ2n) is 6.99. The van der Waals surface area contributed by atoms with Crippen LogP contribution in [0.1, 0.15) is 56.4 Å². The summed E-state index contributed by atoms with van der Waals surface area (Å²) in [5, 5.41) is 3.18. The van der Waals surface area contributed by atoms with E-state index in [4.69, 9.17) is 17.2 Å². The molecule has 24 heavy (non-hydrogen) atoms. The summed E-state index contributed by atoms with van der Waals surface area (Å²) < 4.78 is 0. The molecule has 0 atom stereocenters. The second kappa shape index (κ2) is 7.32. The topological polar surface area (TPSA) is 16.1 Å². The number of thiocarbonyl (C=S) groups is 1. The molecule has 2 aliphatic rings. The molecule has 0 aliphatic heterocycles. The Bertz CT molecular complexity index is 667. The number of thiazole rings is 1. The van der Waals surface area contributed by atoms with E-state index in [0.717, 1.165) is 15.7 Å². The molecule has 2 fully saturated rings. The van der Waals surface area contributed by atoms with Crippen molar-refractivity contribution in [2.24, 2.45) is 0 Å². The third-order valence-electron chi connectivity index (χ3n) is 5.43. The van der Waals surface area contributed by atoms with Gasteiger partial charge < -0.3 is 4.90 Å². The van der Waals surface area contributed by atoms with Crippen molar-refractivity contribution in [2.45, 2.75) is 63.5 Å². The van der Waals surface area contributed by atoms with Crippen LogP contribution in [0.5, 0.6) is 0 Å². The van der Waals surface area contributed by atoms with Gasteiger partial charge in [0.25, 0.3) is 0 Å². The van der Waals surface area contributed by atoms with Gasteiger partial charge in [-0.05, 0) is 25.7 Å². The molecule has 126 valence electrons. The maximum absolute atomic E-state index is 5.95. The average molecular weight is 357 g/mol. The normalized spacial score (nSPS) is 19.0. The highest BCUT2D eigenvalue weighted by Gasteiger charge is 2.33. The van der Waals surface area contributed by atoms with Crippen LogP contribution in [0.15, 0.2) is 35.7 Å². The van der Waals surface area contributed by atoms with Gasteiger partial charge in [0.15, 0.2) is 5.01 Å². The molecule has 1 aromatic carbocycles. The molecule has 0 saturated heterocycles. The first kappa shape index (κ1) is 16.2. The van der Waals surface area contributed by atoms with Crippen molar-refractivity contribution in [3.05, 3.63) is 40.7 Å². The summed E-state index contributed by atoms with van der Waals surface area (Å²) in [6, 6.07) is 11.7. The van der Waals surface area contributed by atoms with Crippen molar-refractivity contribution in [2.75, 3.05) is 0 Å². The van der Waals surface area contributed by atoms with Crippen LogP contribution in [0.3, 0.4) is 0 Å². The second-order valence-corrected chi connectivity index (χ2v) is 8.24. The minimum Gasteiger partial charge on any atom is -0.354 e. The lowest BCUT2D eigenvalue weighted by atomic mass is 10.1. The Morgan fingerprint density at radius 2 is 1.54 bits per heavy atom. The molecule has 1 heterocycles. The number of benzene rings is 1. The van der Waals surface area contributed by atoms with Gasteiger partial charge in [0.1, 0.15) is 4.99 Å². The van der Waals surface area contributed by atoms with Gasteiger partial charge in [-0.15, -0.1) is 11.3 Å². The summed E-state index contributed by atoms with van der Waals surface area (Å²) in [5.41, 5.74) is 2.23. The van der Waals surface area contributed by atoms with Crippen LogP contribution in [0, 0.1) is 0 Å². The van der Waals surface area contributed by atoms with E-state index < -0.39 is 0 Å². The highest BCUT2D eigenvalue weighted by Crippen LogP contribution is 2.34. The first-order valence-electron chi connectivity index (χ1n) is 9.16. The van der Waals surface area contributed by atoms with E-state index in [1.807, 2.05) is 6.07 Å². The Morgan fingerprint density at radius 3 is 2.12 bits per heavy atom. The molecular formula is C20H24N2S2. The smallest absolute Gasteiger partial charge is 0.151 e. The highest BCUT2D eigenvalue weighted by molar-refractivity contribution is 7.81. The summed E-state index contributed by atoms with van der Waals surface area (Å²) in [5.74, 6) is 0.